The van der Waals surface area contributed by atoms with Gasteiger partial charge in [0, 0.05) is 9.86 Å². The quantitative estimate of drug-likeness (QED) is 0.596. The number of aromatic carboxylic acids is 1. The van der Waals surface area contributed by atoms with Crippen molar-refractivity contribution in [2.45, 2.75) is 6.61 Å². The average Bonchev–Trinajstić information content (AvgIpc) is 2.55. The number of carbonyl (C=O) groups is 1. The third-order valence-corrected chi connectivity index (χ3v) is 3.90. The number of carboxylic acids is 1. The smallest absolute Gasteiger partial charge is 0.543 e. The molecule has 0 saturated carbocycles. The predicted octanol–water partition coefficient (Wildman–Crippen LogP) is -0.0562. The molecule has 0 radical (unpaired) electrons. The van der Waals surface area contributed by atoms with Gasteiger partial charge in [-0.2, -0.15) is 0 Å². The van der Waals surface area contributed by atoms with Gasteiger partial charge in [0.1, 0.15) is 17.9 Å². The summed E-state index contributed by atoms with van der Waals surface area (Å²) >= 11 is 3.43. The molecule has 0 amide bonds. The van der Waals surface area contributed by atoms with Crippen LogP contribution in [0.25, 0.3) is 10.9 Å². The van der Waals surface area contributed by atoms with E-state index in [4.69, 9.17) is 4.74 Å². The summed E-state index contributed by atoms with van der Waals surface area (Å²) in [5, 5.41) is 11.8. The number of carbonyl (C=O) groups excluding carboxylic acids is 1. The van der Waals surface area contributed by atoms with Crippen molar-refractivity contribution in [1.82, 2.24) is 4.98 Å². The molecular formula is C17H11BrNNaO3. The van der Waals surface area contributed by atoms with Crippen LogP contribution in [0.3, 0.4) is 0 Å². The molecule has 0 aliphatic heterocycles. The van der Waals surface area contributed by atoms with E-state index < -0.39 is 5.97 Å². The molecular weight excluding hydrogens is 369 g/mol. The number of ether oxygens (including phenoxy) is 1. The Morgan fingerprint density at radius 3 is 2.52 bits per heavy atom. The molecule has 0 atom stereocenters. The Labute approximate surface area is 163 Å². The van der Waals surface area contributed by atoms with Crippen LogP contribution in [0.1, 0.15) is 16.1 Å². The SMILES string of the molecule is O=C([O-])c1ccc2c(Br)ccc(OCc3ccccc3)c2n1.[Na+]. The molecule has 3 aromatic rings. The summed E-state index contributed by atoms with van der Waals surface area (Å²) in [5.41, 5.74) is 1.40. The van der Waals surface area contributed by atoms with Crippen LogP contribution in [0.4, 0.5) is 0 Å². The second-order valence-electron chi connectivity index (χ2n) is 4.70. The first-order valence-corrected chi connectivity index (χ1v) is 7.42. The van der Waals surface area contributed by atoms with Crippen molar-refractivity contribution in [1.29, 1.82) is 0 Å². The van der Waals surface area contributed by atoms with Gasteiger partial charge in [-0.05, 0) is 29.8 Å². The zero-order chi connectivity index (χ0) is 15.5. The summed E-state index contributed by atoms with van der Waals surface area (Å²) in [6, 6.07) is 16.4. The largest absolute Gasteiger partial charge is 1.00 e. The van der Waals surface area contributed by atoms with E-state index in [-0.39, 0.29) is 35.3 Å². The van der Waals surface area contributed by atoms with Crippen molar-refractivity contribution in [3.63, 3.8) is 0 Å². The van der Waals surface area contributed by atoms with Crippen LogP contribution in [0.15, 0.2) is 59.1 Å². The molecule has 0 unspecified atom stereocenters. The molecule has 23 heavy (non-hydrogen) atoms. The molecule has 0 N–H and O–H groups in total. The van der Waals surface area contributed by atoms with Crippen molar-refractivity contribution in [3.8, 4) is 5.75 Å². The van der Waals surface area contributed by atoms with Crippen molar-refractivity contribution in [2.24, 2.45) is 0 Å². The normalized spacial score (nSPS) is 10.1. The number of rotatable bonds is 4. The number of hydrogen-bond acceptors (Lipinski definition) is 4. The van der Waals surface area contributed by atoms with Gasteiger partial charge >= 0.3 is 29.6 Å². The van der Waals surface area contributed by atoms with Crippen LogP contribution in [-0.4, -0.2) is 11.0 Å². The standard InChI is InChI=1S/C17H12BrNO3.Na/c18-13-7-9-15(22-10-11-4-2-1-3-5-11)16-12(13)6-8-14(19-16)17(20)21;/h1-9H,10H2,(H,20,21);/q;+1/p-1. The molecule has 1 aromatic heterocycles. The van der Waals surface area contributed by atoms with E-state index in [2.05, 4.69) is 20.9 Å². The van der Waals surface area contributed by atoms with Crippen LogP contribution < -0.4 is 39.4 Å². The number of hydrogen-bond donors (Lipinski definition) is 0. The van der Waals surface area contributed by atoms with Crippen LogP contribution in [-0.2, 0) is 6.61 Å². The number of halogens is 1. The van der Waals surface area contributed by atoms with Gasteiger partial charge in [0.15, 0.2) is 0 Å². The van der Waals surface area contributed by atoms with E-state index in [1.54, 1.807) is 12.1 Å². The van der Waals surface area contributed by atoms with E-state index in [9.17, 15) is 9.90 Å². The molecule has 0 fully saturated rings. The van der Waals surface area contributed by atoms with E-state index in [0.29, 0.717) is 17.9 Å². The van der Waals surface area contributed by atoms with Gasteiger partial charge in [-0.1, -0.05) is 46.3 Å². The van der Waals surface area contributed by atoms with Crippen molar-refractivity contribution in [3.05, 3.63) is 70.3 Å². The van der Waals surface area contributed by atoms with E-state index in [1.807, 2.05) is 36.4 Å². The van der Waals surface area contributed by atoms with Gasteiger partial charge in [0.2, 0.25) is 0 Å². The summed E-state index contributed by atoms with van der Waals surface area (Å²) in [6.07, 6.45) is 0. The second kappa shape index (κ2) is 7.93. The fourth-order valence-corrected chi connectivity index (χ4v) is 2.57. The first kappa shape index (κ1) is 17.9. The van der Waals surface area contributed by atoms with Crippen LogP contribution in [0.5, 0.6) is 5.75 Å². The third-order valence-electron chi connectivity index (χ3n) is 3.21. The summed E-state index contributed by atoms with van der Waals surface area (Å²) in [6.45, 7) is 0.384. The van der Waals surface area contributed by atoms with Crippen molar-refractivity contribution < 1.29 is 44.2 Å². The summed E-state index contributed by atoms with van der Waals surface area (Å²) in [4.78, 5) is 15.1. The average molecular weight is 380 g/mol. The van der Waals surface area contributed by atoms with Gasteiger partial charge in [0.25, 0.3) is 0 Å². The number of nitrogens with zero attached hydrogens (tertiary/aromatic N) is 1. The molecule has 0 saturated heterocycles. The molecule has 0 bridgehead atoms. The minimum atomic E-state index is -1.31. The maximum atomic E-state index is 11.0. The zero-order valence-electron chi connectivity index (χ0n) is 12.5. The number of benzene rings is 2. The Morgan fingerprint density at radius 2 is 1.83 bits per heavy atom. The number of aromatic nitrogens is 1. The van der Waals surface area contributed by atoms with Crippen LogP contribution >= 0.6 is 15.9 Å². The number of fused-ring (bicyclic) bond motifs is 1. The number of pyridine rings is 1. The second-order valence-corrected chi connectivity index (χ2v) is 5.55. The Balaban J connectivity index is 0.00000192. The summed E-state index contributed by atoms with van der Waals surface area (Å²) < 4.78 is 6.62. The zero-order valence-corrected chi connectivity index (χ0v) is 16.0. The Hall–Kier alpha value is -1.40. The van der Waals surface area contributed by atoms with Gasteiger partial charge in [-0.15, -0.1) is 0 Å². The molecule has 0 aliphatic rings. The minimum absolute atomic E-state index is 0. The predicted molar refractivity (Wildman–Crippen MR) is 84.5 cm³/mol. The van der Waals surface area contributed by atoms with Gasteiger partial charge in [0.05, 0.1) is 11.7 Å². The van der Waals surface area contributed by atoms with Gasteiger partial charge in [-0.25, -0.2) is 4.98 Å². The van der Waals surface area contributed by atoms with Crippen LogP contribution in [0, 0.1) is 0 Å². The number of carboxylic acid groups (broad SMARTS) is 1. The molecule has 4 nitrogen and oxygen atoms in total. The maximum Gasteiger partial charge on any atom is 1.00 e. The maximum absolute atomic E-state index is 11.0. The van der Waals surface area contributed by atoms with Crippen molar-refractivity contribution >= 4 is 32.8 Å². The Bertz CT molecular complexity index is 840. The van der Waals surface area contributed by atoms with Gasteiger partial charge in [-0.3, -0.25) is 0 Å². The van der Waals surface area contributed by atoms with E-state index in [0.717, 1.165) is 15.4 Å². The molecule has 3 rings (SSSR count). The van der Waals surface area contributed by atoms with E-state index in [1.165, 1.54) is 6.07 Å². The topological polar surface area (TPSA) is 62.2 Å². The Kier molecular flexibility index (Phi) is 6.18. The molecule has 2 aromatic carbocycles. The molecule has 6 heteroatoms. The molecule has 0 aliphatic carbocycles. The summed E-state index contributed by atoms with van der Waals surface area (Å²) in [5.74, 6) is -0.777. The minimum Gasteiger partial charge on any atom is -0.543 e. The molecule has 110 valence electrons. The molecule has 0 spiro atoms. The first-order valence-electron chi connectivity index (χ1n) is 6.62. The fraction of sp³-hybridized carbons (Fsp3) is 0.0588. The first-order chi connectivity index (χ1) is 10.6. The van der Waals surface area contributed by atoms with Gasteiger partial charge < -0.3 is 14.6 Å². The van der Waals surface area contributed by atoms with Crippen LogP contribution in [0.2, 0.25) is 0 Å². The fourth-order valence-electron chi connectivity index (χ4n) is 2.12. The third kappa shape index (κ3) is 4.12. The Morgan fingerprint density at radius 1 is 1.09 bits per heavy atom. The molecule has 1 heterocycles. The summed E-state index contributed by atoms with van der Waals surface area (Å²) in [7, 11) is 0. The monoisotopic (exact) mass is 379 g/mol. The van der Waals surface area contributed by atoms with Crippen molar-refractivity contribution in [2.75, 3.05) is 0 Å². The van der Waals surface area contributed by atoms with E-state index >= 15 is 0 Å².